The van der Waals surface area contributed by atoms with E-state index in [4.69, 9.17) is 0 Å². The molecule has 6 nitrogen and oxygen atoms in total. The van der Waals surface area contributed by atoms with Crippen molar-refractivity contribution in [2.45, 2.75) is 19.5 Å². The van der Waals surface area contributed by atoms with Crippen molar-refractivity contribution in [1.82, 2.24) is 30.5 Å². The normalized spacial score (nSPS) is 12.4. The number of H-pyrrole nitrogens is 1. The van der Waals surface area contributed by atoms with Gasteiger partial charge < -0.3 is 5.32 Å². The zero-order chi connectivity index (χ0) is 13.8. The van der Waals surface area contributed by atoms with Crippen molar-refractivity contribution >= 4 is 0 Å². The van der Waals surface area contributed by atoms with E-state index in [2.05, 4.69) is 32.7 Å². The van der Waals surface area contributed by atoms with E-state index in [0.717, 1.165) is 23.6 Å². The Balaban J connectivity index is 1.75. The van der Waals surface area contributed by atoms with Gasteiger partial charge in [-0.1, -0.05) is 23.4 Å². The Bertz CT molecular complexity index is 643. The fraction of sp³-hybridized carbons (Fsp3) is 0.214. The lowest BCUT2D eigenvalue weighted by Gasteiger charge is -2.14. The number of para-hydroxylation sites is 1. The first-order valence-electron chi connectivity index (χ1n) is 6.52. The molecule has 0 aliphatic heterocycles. The summed E-state index contributed by atoms with van der Waals surface area (Å²) in [6.07, 6.45) is 3.54. The van der Waals surface area contributed by atoms with Gasteiger partial charge in [-0.25, -0.2) is 4.68 Å². The van der Waals surface area contributed by atoms with E-state index in [-0.39, 0.29) is 6.04 Å². The molecule has 3 aromatic rings. The summed E-state index contributed by atoms with van der Waals surface area (Å²) < 4.78 is 1.85. The Morgan fingerprint density at radius 2 is 2.10 bits per heavy atom. The topological polar surface area (TPSA) is 71.4 Å². The Hall–Kier alpha value is -2.47. The number of rotatable bonds is 5. The fourth-order valence-corrected chi connectivity index (χ4v) is 2.06. The highest BCUT2D eigenvalue weighted by Gasteiger charge is 2.13. The molecule has 102 valence electrons. The quantitative estimate of drug-likeness (QED) is 0.740. The van der Waals surface area contributed by atoms with Crippen molar-refractivity contribution in [3.05, 3.63) is 60.2 Å². The zero-order valence-corrected chi connectivity index (χ0v) is 11.2. The third-order valence-corrected chi connectivity index (χ3v) is 3.18. The van der Waals surface area contributed by atoms with Crippen LogP contribution in [0.25, 0.3) is 5.69 Å². The molecule has 0 radical (unpaired) electrons. The van der Waals surface area contributed by atoms with Gasteiger partial charge >= 0.3 is 0 Å². The van der Waals surface area contributed by atoms with Gasteiger partial charge in [0.1, 0.15) is 0 Å². The monoisotopic (exact) mass is 268 g/mol. The molecule has 1 unspecified atom stereocenters. The van der Waals surface area contributed by atoms with Crippen LogP contribution < -0.4 is 5.32 Å². The third-order valence-electron chi connectivity index (χ3n) is 3.18. The van der Waals surface area contributed by atoms with Crippen molar-refractivity contribution < 1.29 is 0 Å². The van der Waals surface area contributed by atoms with Crippen LogP contribution in [0.4, 0.5) is 0 Å². The minimum absolute atomic E-state index is 0.133. The van der Waals surface area contributed by atoms with Crippen LogP contribution in [0.2, 0.25) is 0 Å². The summed E-state index contributed by atoms with van der Waals surface area (Å²) in [5.41, 5.74) is 3.08. The molecule has 0 aliphatic rings. The molecule has 0 saturated heterocycles. The maximum atomic E-state index is 4.16. The first kappa shape index (κ1) is 12.6. The molecule has 0 bridgehead atoms. The van der Waals surface area contributed by atoms with Crippen LogP contribution in [0.5, 0.6) is 0 Å². The summed E-state index contributed by atoms with van der Waals surface area (Å²) in [4.78, 5) is 0. The van der Waals surface area contributed by atoms with Crippen molar-refractivity contribution in [1.29, 1.82) is 0 Å². The van der Waals surface area contributed by atoms with Crippen LogP contribution in [0.3, 0.4) is 0 Å². The van der Waals surface area contributed by atoms with Crippen molar-refractivity contribution in [2.75, 3.05) is 0 Å². The number of hydrogen-bond donors (Lipinski definition) is 2. The number of nitrogens with zero attached hydrogens (tertiary/aromatic N) is 4. The van der Waals surface area contributed by atoms with Crippen LogP contribution in [0.15, 0.2) is 48.8 Å². The summed E-state index contributed by atoms with van der Waals surface area (Å²) in [6.45, 7) is 2.82. The van der Waals surface area contributed by atoms with E-state index < -0.39 is 0 Å². The molecule has 0 saturated carbocycles. The van der Waals surface area contributed by atoms with Gasteiger partial charge in [-0.05, 0) is 25.1 Å². The number of nitrogens with one attached hydrogen (secondary N) is 2. The summed E-state index contributed by atoms with van der Waals surface area (Å²) in [6, 6.07) is 12.1. The lowest BCUT2D eigenvalue weighted by Crippen LogP contribution is -2.21. The molecular formula is C14H16N6. The van der Waals surface area contributed by atoms with Gasteiger partial charge in [0.05, 0.1) is 17.6 Å². The largest absolute Gasteiger partial charge is 0.303 e. The molecule has 20 heavy (non-hydrogen) atoms. The lowest BCUT2D eigenvalue weighted by molar-refractivity contribution is 0.538. The van der Waals surface area contributed by atoms with Crippen molar-refractivity contribution in [2.24, 2.45) is 0 Å². The molecule has 0 spiro atoms. The van der Waals surface area contributed by atoms with Gasteiger partial charge in [0.15, 0.2) is 0 Å². The van der Waals surface area contributed by atoms with Crippen molar-refractivity contribution in [3.63, 3.8) is 0 Å². The number of aromatic amines is 1. The van der Waals surface area contributed by atoms with Crippen LogP contribution in [0, 0.1) is 0 Å². The minimum atomic E-state index is 0.133. The first-order chi connectivity index (χ1) is 9.84. The number of benzene rings is 1. The number of aromatic nitrogens is 5. The van der Waals surface area contributed by atoms with Gasteiger partial charge in [0.25, 0.3) is 0 Å². The second-order valence-electron chi connectivity index (χ2n) is 4.59. The second-order valence-corrected chi connectivity index (χ2v) is 4.59. The van der Waals surface area contributed by atoms with Crippen LogP contribution in [-0.4, -0.2) is 25.2 Å². The molecule has 2 aromatic heterocycles. The van der Waals surface area contributed by atoms with E-state index in [9.17, 15) is 0 Å². The molecular weight excluding hydrogens is 252 g/mol. The van der Waals surface area contributed by atoms with Crippen LogP contribution in [-0.2, 0) is 6.54 Å². The highest BCUT2D eigenvalue weighted by atomic mass is 15.4. The molecule has 2 heterocycles. The summed E-state index contributed by atoms with van der Waals surface area (Å²) in [5, 5.41) is 18.5. The van der Waals surface area contributed by atoms with Crippen molar-refractivity contribution in [3.8, 4) is 5.69 Å². The molecule has 0 aliphatic carbocycles. The maximum Gasteiger partial charge on any atom is 0.0812 e. The Morgan fingerprint density at radius 1 is 1.25 bits per heavy atom. The predicted molar refractivity (Wildman–Crippen MR) is 75.2 cm³/mol. The van der Waals surface area contributed by atoms with Crippen LogP contribution >= 0.6 is 0 Å². The second kappa shape index (κ2) is 5.66. The molecule has 0 amide bonds. The molecule has 6 heteroatoms. The predicted octanol–water partition coefficient (Wildman–Crippen LogP) is 1.84. The fourth-order valence-electron chi connectivity index (χ4n) is 2.06. The van der Waals surface area contributed by atoms with Gasteiger partial charge in [-0.2, -0.15) is 5.10 Å². The van der Waals surface area contributed by atoms with Gasteiger partial charge in [0.2, 0.25) is 0 Å². The maximum absolute atomic E-state index is 4.16. The average Bonchev–Trinajstić information content (AvgIpc) is 3.17. The Labute approximate surface area is 116 Å². The SMILES string of the molecule is CC(NCc1ccn[nH]1)c1cnnn1-c1ccccc1. The van der Waals surface area contributed by atoms with Gasteiger partial charge in [0, 0.05) is 24.5 Å². The first-order valence-corrected chi connectivity index (χ1v) is 6.52. The van der Waals surface area contributed by atoms with E-state index in [1.54, 1.807) is 12.4 Å². The van der Waals surface area contributed by atoms with E-state index >= 15 is 0 Å². The molecule has 3 rings (SSSR count). The van der Waals surface area contributed by atoms with Gasteiger partial charge in [-0.3, -0.25) is 5.10 Å². The summed E-state index contributed by atoms with van der Waals surface area (Å²) >= 11 is 0. The highest BCUT2D eigenvalue weighted by molar-refractivity contribution is 5.32. The Morgan fingerprint density at radius 3 is 2.85 bits per heavy atom. The van der Waals surface area contributed by atoms with E-state index in [0.29, 0.717) is 0 Å². The highest BCUT2D eigenvalue weighted by Crippen LogP contribution is 2.15. The molecule has 2 N–H and O–H groups in total. The van der Waals surface area contributed by atoms with Crippen LogP contribution in [0.1, 0.15) is 24.4 Å². The van der Waals surface area contributed by atoms with Gasteiger partial charge in [-0.15, -0.1) is 5.10 Å². The number of hydrogen-bond acceptors (Lipinski definition) is 4. The standard InChI is InChI=1S/C14H16N6/c1-11(15-9-12-7-8-16-18-12)14-10-17-19-20(14)13-5-3-2-4-6-13/h2-8,10-11,15H,9H2,1H3,(H,16,18). The molecule has 1 aromatic carbocycles. The smallest absolute Gasteiger partial charge is 0.0812 e. The molecule has 0 fully saturated rings. The molecule has 1 atom stereocenters. The Kier molecular flexibility index (Phi) is 3.56. The summed E-state index contributed by atoms with van der Waals surface area (Å²) in [7, 11) is 0. The minimum Gasteiger partial charge on any atom is -0.303 e. The summed E-state index contributed by atoms with van der Waals surface area (Å²) in [5.74, 6) is 0. The van der Waals surface area contributed by atoms with E-state index in [1.165, 1.54) is 0 Å². The average molecular weight is 268 g/mol. The third kappa shape index (κ3) is 2.60. The zero-order valence-electron chi connectivity index (χ0n) is 11.2. The van der Waals surface area contributed by atoms with E-state index in [1.807, 2.05) is 41.1 Å². The lowest BCUT2D eigenvalue weighted by atomic mass is 10.2.